The Labute approximate surface area is 135 Å². The van der Waals surface area contributed by atoms with Crippen LogP contribution in [0.25, 0.3) is 16.0 Å². The van der Waals surface area contributed by atoms with Crippen LogP contribution in [0.4, 0.5) is 5.82 Å². The molecule has 118 valence electrons. The number of hydrogen-bond donors (Lipinski definition) is 1. The van der Waals surface area contributed by atoms with E-state index in [9.17, 15) is 4.79 Å². The number of anilines is 1. The fourth-order valence-corrected chi connectivity index (χ4v) is 3.26. The van der Waals surface area contributed by atoms with E-state index in [1.807, 2.05) is 0 Å². The molecule has 23 heavy (non-hydrogen) atoms. The summed E-state index contributed by atoms with van der Waals surface area (Å²) in [7, 11) is 0. The number of aromatic nitrogens is 5. The Morgan fingerprint density at radius 2 is 2.39 bits per heavy atom. The fraction of sp³-hybridized carbons (Fsp3) is 0.357. The molecule has 1 aliphatic rings. The van der Waals surface area contributed by atoms with Crippen LogP contribution in [-0.4, -0.2) is 43.2 Å². The molecule has 9 heteroatoms. The maximum atomic E-state index is 11.2. The summed E-state index contributed by atoms with van der Waals surface area (Å²) in [6, 6.07) is 1.78. The minimum atomic E-state index is -0.164. The third-order valence-corrected chi connectivity index (χ3v) is 4.37. The third kappa shape index (κ3) is 2.68. The second-order valence-corrected chi connectivity index (χ2v) is 6.09. The van der Waals surface area contributed by atoms with Crippen LogP contribution in [0, 0.1) is 0 Å². The number of amides is 1. The number of nitrogens with one attached hydrogen (secondary N) is 1. The first kappa shape index (κ1) is 14.2. The highest BCUT2D eigenvalue weighted by Gasteiger charge is 2.23. The first-order chi connectivity index (χ1) is 11.2. The van der Waals surface area contributed by atoms with Crippen LogP contribution in [0.1, 0.15) is 25.1 Å². The van der Waals surface area contributed by atoms with Gasteiger partial charge in [-0.3, -0.25) is 4.79 Å². The van der Waals surface area contributed by atoms with Crippen molar-refractivity contribution >= 4 is 34.2 Å². The fourth-order valence-electron chi connectivity index (χ4n) is 2.54. The molecule has 0 radical (unpaired) electrons. The highest BCUT2D eigenvalue weighted by Crippen LogP contribution is 2.26. The van der Waals surface area contributed by atoms with Crippen molar-refractivity contribution < 1.29 is 9.53 Å². The van der Waals surface area contributed by atoms with E-state index in [-0.39, 0.29) is 11.8 Å². The Balaban J connectivity index is 1.71. The van der Waals surface area contributed by atoms with Crippen LogP contribution in [0.2, 0.25) is 0 Å². The molecule has 0 aromatic carbocycles. The number of rotatable bonds is 3. The van der Waals surface area contributed by atoms with Gasteiger partial charge in [0.05, 0.1) is 18.3 Å². The van der Waals surface area contributed by atoms with Crippen molar-refractivity contribution in [3.63, 3.8) is 0 Å². The molecule has 0 bridgehead atoms. The van der Waals surface area contributed by atoms with Gasteiger partial charge in [0.1, 0.15) is 11.6 Å². The minimum absolute atomic E-state index is 0.164. The molecule has 1 saturated heterocycles. The molecular weight excluding hydrogens is 316 g/mol. The third-order valence-electron chi connectivity index (χ3n) is 3.66. The molecule has 1 atom stereocenters. The Bertz CT molecular complexity index is 867. The van der Waals surface area contributed by atoms with Gasteiger partial charge in [0.25, 0.3) is 0 Å². The zero-order valence-electron chi connectivity index (χ0n) is 12.4. The molecular formula is C14H14N6O2S. The molecule has 0 spiro atoms. The molecule has 4 heterocycles. The van der Waals surface area contributed by atoms with Crippen molar-refractivity contribution in [2.24, 2.45) is 0 Å². The lowest BCUT2D eigenvalue weighted by Gasteiger charge is -2.02. The first-order valence-corrected chi connectivity index (χ1v) is 8.01. The average molecular weight is 330 g/mol. The van der Waals surface area contributed by atoms with Gasteiger partial charge in [-0.05, 0) is 6.42 Å². The van der Waals surface area contributed by atoms with Crippen LogP contribution in [0.5, 0.6) is 0 Å². The zero-order chi connectivity index (χ0) is 15.8. The van der Waals surface area contributed by atoms with Crippen molar-refractivity contribution in [1.82, 2.24) is 24.1 Å². The molecule has 1 aliphatic heterocycles. The average Bonchev–Trinajstić information content (AvgIpc) is 3.25. The van der Waals surface area contributed by atoms with Gasteiger partial charge in [0.2, 0.25) is 11.0 Å². The van der Waals surface area contributed by atoms with Crippen LogP contribution in [0.15, 0.2) is 18.5 Å². The normalized spacial score (nSPS) is 17.7. The van der Waals surface area contributed by atoms with Gasteiger partial charge in [0.15, 0.2) is 0 Å². The van der Waals surface area contributed by atoms with Gasteiger partial charge in [-0.2, -0.15) is 9.47 Å². The molecule has 4 rings (SSSR count). The summed E-state index contributed by atoms with van der Waals surface area (Å²) in [5.74, 6) is 1.39. The van der Waals surface area contributed by atoms with Crippen molar-refractivity contribution in [3.8, 4) is 5.13 Å². The van der Waals surface area contributed by atoms with Crippen LogP contribution in [0.3, 0.4) is 0 Å². The molecule has 8 nitrogen and oxygen atoms in total. The smallest absolute Gasteiger partial charge is 0.230 e. The van der Waals surface area contributed by atoms with E-state index in [0.29, 0.717) is 17.6 Å². The standard InChI is InChI=1S/C14H14N6O2S/c1-8(21)17-12-4-11-10(5-15-12)6-16-20(11)14-18-13(19-23-14)9-2-3-22-7-9/h4-6,9H,2-3,7H2,1H3,(H,15,17,21). The van der Waals surface area contributed by atoms with Gasteiger partial charge in [0, 0.05) is 48.6 Å². The topological polar surface area (TPSA) is 94.8 Å². The number of carbonyl (C=O) groups excluding carboxylic acids is 1. The number of carbonyl (C=O) groups is 1. The second-order valence-electron chi connectivity index (χ2n) is 5.36. The van der Waals surface area contributed by atoms with E-state index in [1.165, 1.54) is 18.5 Å². The van der Waals surface area contributed by atoms with Crippen LogP contribution in [-0.2, 0) is 9.53 Å². The Hall–Kier alpha value is -2.39. The van der Waals surface area contributed by atoms with Gasteiger partial charge in [-0.1, -0.05) is 0 Å². The first-order valence-electron chi connectivity index (χ1n) is 7.24. The lowest BCUT2D eigenvalue weighted by atomic mass is 10.1. The molecule has 0 saturated carbocycles. The Morgan fingerprint density at radius 1 is 1.48 bits per heavy atom. The maximum absolute atomic E-state index is 11.2. The summed E-state index contributed by atoms with van der Waals surface area (Å²) < 4.78 is 11.5. The van der Waals surface area contributed by atoms with E-state index in [0.717, 1.165) is 29.8 Å². The monoisotopic (exact) mass is 330 g/mol. The summed E-state index contributed by atoms with van der Waals surface area (Å²) in [4.78, 5) is 20.0. The van der Waals surface area contributed by atoms with E-state index in [2.05, 4.69) is 24.8 Å². The Morgan fingerprint density at radius 3 is 3.17 bits per heavy atom. The van der Waals surface area contributed by atoms with E-state index in [1.54, 1.807) is 23.1 Å². The minimum Gasteiger partial charge on any atom is -0.381 e. The summed E-state index contributed by atoms with van der Waals surface area (Å²) in [5.41, 5.74) is 0.828. The van der Waals surface area contributed by atoms with Gasteiger partial charge >= 0.3 is 0 Å². The zero-order valence-corrected chi connectivity index (χ0v) is 13.2. The number of fused-ring (bicyclic) bond motifs is 1. The number of ether oxygens (including phenoxy) is 1. The quantitative estimate of drug-likeness (QED) is 0.786. The summed E-state index contributed by atoms with van der Waals surface area (Å²) in [5, 5.41) is 8.61. The molecule has 1 unspecified atom stereocenters. The molecule has 1 fully saturated rings. The number of hydrogen-bond acceptors (Lipinski definition) is 7. The van der Waals surface area contributed by atoms with Crippen molar-refractivity contribution in [2.75, 3.05) is 18.5 Å². The van der Waals surface area contributed by atoms with Crippen molar-refractivity contribution in [1.29, 1.82) is 0 Å². The van der Waals surface area contributed by atoms with Gasteiger partial charge in [-0.25, -0.2) is 14.6 Å². The predicted octanol–water partition coefficient (Wildman–Crippen LogP) is 1.73. The van der Waals surface area contributed by atoms with E-state index in [4.69, 9.17) is 4.74 Å². The van der Waals surface area contributed by atoms with Crippen molar-refractivity contribution in [3.05, 3.63) is 24.3 Å². The lowest BCUT2D eigenvalue weighted by molar-refractivity contribution is -0.114. The van der Waals surface area contributed by atoms with Crippen LogP contribution < -0.4 is 5.32 Å². The summed E-state index contributed by atoms with van der Waals surface area (Å²) >= 11 is 1.30. The van der Waals surface area contributed by atoms with Gasteiger partial charge in [-0.15, -0.1) is 0 Å². The summed E-state index contributed by atoms with van der Waals surface area (Å²) in [6.07, 6.45) is 4.35. The predicted molar refractivity (Wildman–Crippen MR) is 84.8 cm³/mol. The van der Waals surface area contributed by atoms with Crippen molar-refractivity contribution in [2.45, 2.75) is 19.3 Å². The number of pyridine rings is 1. The van der Waals surface area contributed by atoms with Gasteiger partial charge < -0.3 is 10.1 Å². The summed E-state index contributed by atoms with van der Waals surface area (Å²) in [6.45, 7) is 2.88. The molecule has 0 aliphatic carbocycles. The van der Waals surface area contributed by atoms with E-state index < -0.39 is 0 Å². The molecule has 3 aromatic rings. The van der Waals surface area contributed by atoms with E-state index >= 15 is 0 Å². The number of nitrogens with zero attached hydrogens (tertiary/aromatic N) is 5. The molecule has 3 aromatic heterocycles. The Kier molecular flexibility index (Phi) is 3.50. The van der Waals surface area contributed by atoms with Crippen LogP contribution >= 0.6 is 11.5 Å². The highest BCUT2D eigenvalue weighted by atomic mass is 32.1. The largest absolute Gasteiger partial charge is 0.381 e. The molecule has 1 N–H and O–H groups in total. The second kappa shape index (κ2) is 5.67. The molecule has 1 amide bonds. The highest BCUT2D eigenvalue weighted by molar-refractivity contribution is 7.08. The SMILES string of the molecule is CC(=O)Nc1cc2c(cn1)cnn2-c1nc(C2CCOC2)ns1. The maximum Gasteiger partial charge on any atom is 0.230 e. The lowest BCUT2D eigenvalue weighted by Crippen LogP contribution is -2.07.